The molecule has 2 aromatic rings. The van der Waals surface area contributed by atoms with E-state index >= 15 is 0 Å². The van der Waals surface area contributed by atoms with Crippen molar-refractivity contribution in [1.29, 1.82) is 5.26 Å². The van der Waals surface area contributed by atoms with E-state index in [1.165, 1.54) is 0 Å². The summed E-state index contributed by atoms with van der Waals surface area (Å²) in [6.07, 6.45) is -0.768. The minimum Gasteiger partial charge on any atom is -0.486 e. The van der Waals surface area contributed by atoms with Crippen LogP contribution in [0.4, 0.5) is 0 Å². The first kappa shape index (κ1) is 15.4. The average molecular weight is 302 g/mol. The third-order valence-corrected chi connectivity index (χ3v) is 3.44. The molecule has 0 radical (unpaired) electrons. The lowest BCUT2D eigenvalue weighted by Crippen LogP contribution is -2.11. The van der Waals surface area contributed by atoms with Crippen molar-refractivity contribution in [3.05, 3.63) is 64.7 Å². The number of benzene rings is 2. The monoisotopic (exact) mass is 301 g/mol. The summed E-state index contributed by atoms with van der Waals surface area (Å²) < 4.78 is 5.96. The molecule has 108 valence electrons. The van der Waals surface area contributed by atoms with E-state index in [1.807, 2.05) is 43.3 Å². The van der Waals surface area contributed by atoms with Gasteiger partial charge in [0, 0.05) is 16.1 Å². The summed E-state index contributed by atoms with van der Waals surface area (Å²) in [6.45, 7) is 1.98. The SMILES string of the molecule is CCC(Oc1ccccc1)c1cc(Cl)ccc1[C@@H](O)C#N. The number of hydrogen-bond donors (Lipinski definition) is 1. The largest absolute Gasteiger partial charge is 0.486 e. The molecule has 21 heavy (non-hydrogen) atoms. The second kappa shape index (κ2) is 7.12. The molecule has 0 fully saturated rings. The molecule has 0 aliphatic rings. The molecule has 0 aliphatic heterocycles. The normalized spacial score (nSPS) is 13.2. The molecular weight excluding hydrogens is 286 g/mol. The number of nitriles is 1. The van der Waals surface area contributed by atoms with Gasteiger partial charge in [0.2, 0.25) is 0 Å². The summed E-state index contributed by atoms with van der Waals surface area (Å²) in [5, 5.41) is 19.4. The zero-order chi connectivity index (χ0) is 15.2. The van der Waals surface area contributed by atoms with Gasteiger partial charge < -0.3 is 9.84 Å². The van der Waals surface area contributed by atoms with Gasteiger partial charge >= 0.3 is 0 Å². The van der Waals surface area contributed by atoms with Gasteiger partial charge in [-0.25, -0.2) is 0 Å². The standard InChI is InChI=1S/C17H16ClNO2/c1-2-17(21-13-6-4-3-5-7-13)15-10-12(18)8-9-14(15)16(20)11-19/h3-10,16-17,20H,2H2,1H3/t16-,17?/m0/s1. The third kappa shape index (κ3) is 3.75. The third-order valence-electron chi connectivity index (χ3n) is 3.20. The molecule has 2 rings (SSSR count). The maximum Gasteiger partial charge on any atom is 0.166 e. The Morgan fingerprint density at radius 3 is 2.52 bits per heavy atom. The molecule has 2 atom stereocenters. The molecule has 0 aliphatic carbocycles. The average Bonchev–Trinajstić information content (AvgIpc) is 2.52. The first-order chi connectivity index (χ1) is 10.2. The van der Waals surface area contributed by atoms with Crippen LogP contribution in [0.5, 0.6) is 5.75 Å². The van der Waals surface area contributed by atoms with E-state index in [1.54, 1.807) is 18.2 Å². The van der Waals surface area contributed by atoms with Crippen molar-refractivity contribution >= 4 is 11.6 Å². The van der Waals surface area contributed by atoms with Crippen molar-refractivity contribution in [2.24, 2.45) is 0 Å². The van der Waals surface area contributed by atoms with Gasteiger partial charge in [0.1, 0.15) is 11.9 Å². The van der Waals surface area contributed by atoms with Crippen molar-refractivity contribution in [2.75, 3.05) is 0 Å². The second-order valence-corrected chi connectivity index (χ2v) is 5.07. The number of nitrogens with zero attached hydrogens (tertiary/aromatic N) is 1. The number of para-hydroxylation sites is 1. The fourth-order valence-corrected chi connectivity index (χ4v) is 2.35. The minimum absolute atomic E-state index is 0.274. The molecule has 1 unspecified atom stereocenters. The van der Waals surface area contributed by atoms with Crippen LogP contribution in [0.1, 0.15) is 36.7 Å². The molecule has 0 spiro atoms. The van der Waals surface area contributed by atoms with Crippen molar-refractivity contribution < 1.29 is 9.84 Å². The molecule has 0 aromatic heterocycles. The van der Waals surface area contributed by atoms with E-state index in [0.717, 1.165) is 11.3 Å². The number of ether oxygens (including phenoxy) is 1. The summed E-state index contributed by atoms with van der Waals surface area (Å²) in [6, 6.07) is 16.4. The van der Waals surface area contributed by atoms with Crippen LogP contribution in [0, 0.1) is 11.3 Å². The second-order valence-electron chi connectivity index (χ2n) is 4.63. The Balaban J connectivity index is 2.37. The van der Waals surface area contributed by atoms with E-state index in [-0.39, 0.29) is 6.10 Å². The summed E-state index contributed by atoms with van der Waals surface area (Å²) >= 11 is 6.05. The summed E-state index contributed by atoms with van der Waals surface area (Å²) in [7, 11) is 0. The molecule has 0 amide bonds. The van der Waals surface area contributed by atoms with Gasteiger partial charge in [-0.3, -0.25) is 0 Å². The first-order valence-electron chi connectivity index (χ1n) is 6.74. The zero-order valence-corrected chi connectivity index (χ0v) is 12.4. The first-order valence-corrected chi connectivity index (χ1v) is 7.12. The van der Waals surface area contributed by atoms with Gasteiger partial charge in [-0.2, -0.15) is 5.26 Å². The number of aliphatic hydroxyl groups is 1. The predicted molar refractivity (Wildman–Crippen MR) is 82.1 cm³/mol. The van der Waals surface area contributed by atoms with Crippen molar-refractivity contribution in [3.63, 3.8) is 0 Å². The Hall–Kier alpha value is -2.02. The Morgan fingerprint density at radius 2 is 1.90 bits per heavy atom. The maximum atomic E-state index is 9.85. The Morgan fingerprint density at radius 1 is 1.19 bits per heavy atom. The smallest absolute Gasteiger partial charge is 0.166 e. The fraction of sp³-hybridized carbons (Fsp3) is 0.235. The molecule has 0 bridgehead atoms. The number of hydrogen-bond acceptors (Lipinski definition) is 3. The highest BCUT2D eigenvalue weighted by atomic mass is 35.5. The molecule has 2 aromatic carbocycles. The van der Waals surface area contributed by atoms with Gasteiger partial charge in [0.05, 0.1) is 6.07 Å². The topological polar surface area (TPSA) is 53.2 Å². The minimum atomic E-state index is -1.19. The number of halogens is 1. The van der Waals surface area contributed by atoms with Crippen molar-refractivity contribution in [3.8, 4) is 11.8 Å². The van der Waals surface area contributed by atoms with E-state index in [9.17, 15) is 5.11 Å². The van der Waals surface area contributed by atoms with Gasteiger partial charge in [0.25, 0.3) is 0 Å². The fourth-order valence-electron chi connectivity index (χ4n) is 2.17. The van der Waals surface area contributed by atoms with Gasteiger partial charge in [-0.05, 0) is 30.7 Å². The van der Waals surface area contributed by atoms with E-state index in [4.69, 9.17) is 21.6 Å². The summed E-state index contributed by atoms with van der Waals surface area (Å²) in [4.78, 5) is 0. The van der Waals surface area contributed by atoms with Gasteiger partial charge in [-0.1, -0.05) is 42.8 Å². The molecule has 0 heterocycles. The van der Waals surface area contributed by atoms with Crippen molar-refractivity contribution in [1.82, 2.24) is 0 Å². The summed E-state index contributed by atoms with van der Waals surface area (Å²) in [5.74, 6) is 0.738. The zero-order valence-electron chi connectivity index (χ0n) is 11.7. The molecule has 0 saturated carbocycles. The van der Waals surface area contributed by atoms with Crippen molar-refractivity contribution in [2.45, 2.75) is 25.6 Å². The number of rotatable bonds is 5. The lowest BCUT2D eigenvalue weighted by Gasteiger charge is -2.21. The quantitative estimate of drug-likeness (QED) is 0.831. The van der Waals surface area contributed by atoms with E-state index < -0.39 is 6.10 Å². The highest BCUT2D eigenvalue weighted by molar-refractivity contribution is 6.30. The lowest BCUT2D eigenvalue weighted by molar-refractivity contribution is 0.190. The van der Waals surface area contributed by atoms with Crippen LogP contribution in [0.3, 0.4) is 0 Å². The van der Waals surface area contributed by atoms with Gasteiger partial charge in [-0.15, -0.1) is 0 Å². The molecule has 4 heteroatoms. The van der Waals surface area contributed by atoms with Crippen LogP contribution in [0.2, 0.25) is 5.02 Å². The molecule has 1 N–H and O–H groups in total. The van der Waals surface area contributed by atoms with E-state index in [0.29, 0.717) is 17.0 Å². The van der Waals surface area contributed by atoms with Crippen LogP contribution in [0.25, 0.3) is 0 Å². The van der Waals surface area contributed by atoms with Crippen LogP contribution in [-0.4, -0.2) is 5.11 Å². The summed E-state index contributed by atoms with van der Waals surface area (Å²) in [5.41, 5.74) is 1.27. The highest BCUT2D eigenvalue weighted by Gasteiger charge is 2.20. The molecule has 3 nitrogen and oxygen atoms in total. The Bertz CT molecular complexity index is 637. The van der Waals surface area contributed by atoms with Crippen LogP contribution in [-0.2, 0) is 0 Å². The van der Waals surface area contributed by atoms with Crippen LogP contribution < -0.4 is 4.74 Å². The molecule has 0 saturated heterocycles. The Kier molecular flexibility index (Phi) is 5.21. The van der Waals surface area contributed by atoms with Crippen LogP contribution in [0.15, 0.2) is 48.5 Å². The maximum absolute atomic E-state index is 9.85. The number of aliphatic hydroxyl groups excluding tert-OH is 1. The molecular formula is C17H16ClNO2. The lowest BCUT2D eigenvalue weighted by atomic mass is 9.97. The predicted octanol–water partition coefficient (Wildman–Crippen LogP) is 4.43. The Labute approximate surface area is 129 Å². The van der Waals surface area contributed by atoms with Crippen LogP contribution >= 0.6 is 11.6 Å². The van der Waals surface area contributed by atoms with E-state index in [2.05, 4.69) is 0 Å². The van der Waals surface area contributed by atoms with Gasteiger partial charge in [0.15, 0.2) is 6.10 Å². The highest BCUT2D eigenvalue weighted by Crippen LogP contribution is 2.32.